The average molecular weight is 522 g/mol. The molecule has 0 saturated heterocycles. The Balaban J connectivity index is 1.49. The summed E-state index contributed by atoms with van der Waals surface area (Å²) in [7, 11) is 1.87. The number of aromatic nitrogens is 6. The van der Waals surface area contributed by atoms with Gasteiger partial charge in [0.25, 0.3) is 11.9 Å². The third-order valence-electron chi connectivity index (χ3n) is 5.75. The van der Waals surface area contributed by atoms with Crippen molar-refractivity contribution < 1.29 is 22.7 Å². The molecule has 5 rings (SSSR count). The van der Waals surface area contributed by atoms with Gasteiger partial charge >= 0.3 is 6.36 Å². The van der Waals surface area contributed by atoms with Gasteiger partial charge in [-0.05, 0) is 71.8 Å². The number of aryl methyl sites for hydroxylation is 2. The van der Waals surface area contributed by atoms with E-state index in [2.05, 4.69) is 30.7 Å². The highest BCUT2D eigenvalue weighted by molar-refractivity contribution is 6.03. The number of imidazole rings is 1. The van der Waals surface area contributed by atoms with Gasteiger partial charge in [0.2, 0.25) is 5.62 Å². The summed E-state index contributed by atoms with van der Waals surface area (Å²) < 4.78 is 45.5. The molecule has 3 aromatic carbocycles. The molecule has 0 atom stereocenters. The number of amides is 1. The van der Waals surface area contributed by atoms with Crippen LogP contribution in [-0.4, -0.2) is 42.0 Å². The number of alkyl halides is 3. The maximum Gasteiger partial charge on any atom is 0.573 e. The van der Waals surface area contributed by atoms with Crippen LogP contribution in [0, 0.1) is 6.92 Å². The van der Waals surface area contributed by atoms with Gasteiger partial charge in [-0.15, -0.1) is 18.3 Å². The van der Waals surface area contributed by atoms with E-state index in [1.807, 2.05) is 53.4 Å². The molecule has 194 valence electrons. The number of nitrogens with one attached hydrogen (secondary N) is 2. The number of H-pyrrole nitrogens is 1. The molecule has 2 N–H and O–H groups in total. The number of hydrogen-bond acceptors (Lipinski definition) is 6. The summed E-state index contributed by atoms with van der Waals surface area (Å²) in [6.45, 7) is 2.42. The molecule has 0 unspecified atom stereocenters. The Morgan fingerprint density at radius 1 is 1.05 bits per heavy atom. The van der Waals surface area contributed by atoms with Crippen LogP contribution in [0.1, 0.15) is 21.5 Å². The lowest BCUT2D eigenvalue weighted by Crippen LogP contribution is -2.24. The molecular weight excluding hydrogens is 501 g/mol. The zero-order valence-electron chi connectivity index (χ0n) is 20.2. The van der Waals surface area contributed by atoms with Gasteiger partial charge in [-0.2, -0.15) is 5.21 Å². The predicted octanol–water partition coefficient (Wildman–Crippen LogP) is 4.23. The summed E-state index contributed by atoms with van der Waals surface area (Å²) >= 11 is 0. The Kier molecular flexibility index (Phi) is 6.41. The monoisotopic (exact) mass is 522 g/mol. The van der Waals surface area contributed by atoms with E-state index in [1.165, 1.54) is 24.3 Å². The van der Waals surface area contributed by atoms with Crippen molar-refractivity contribution in [3.05, 3.63) is 89.0 Å². The number of nitrogens with zero attached hydrogens (tertiary/aromatic N) is 6. The fourth-order valence-electron chi connectivity index (χ4n) is 3.99. The Morgan fingerprint density at radius 3 is 2.45 bits per heavy atom. The molecule has 0 spiro atoms. The zero-order valence-corrected chi connectivity index (χ0v) is 20.2. The summed E-state index contributed by atoms with van der Waals surface area (Å²) in [5.74, 6) is -0.620. The average Bonchev–Trinajstić information content (AvgIpc) is 3.47. The molecule has 0 fully saturated rings. The van der Waals surface area contributed by atoms with Gasteiger partial charge in [-0.3, -0.25) is 10.1 Å². The highest BCUT2D eigenvalue weighted by atomic mass is 19.4. The Hall–Kier alpha value is -4.94. The van der Waals surface area contributed by atoms with Crippen LogP contribution in [0.5, 0.6) is 5.75 Å². The Morgan fingerprint density at radius 2 is 1.79 bits per heavy atom. The second kappa shape index (κ2) is 9.84. The van der Waals surface area contributed by atoms with Crippen LogP contribution in [0.15, 0.2) is 71.7 Å². The zero-order chi connectivity index (χ0) is 26.9. The van der Waals surface area contributed by atoms with Crippen molar-refractivity contribution in [2.24, 2.45) is 12.0 Å². The van der Waals surface area contributed by atoms with Crippen LogP contribution in [0.2, 0.25) is 0 Å². The first-order valence-electron chi connectivity index (χ1n) is 11.4. The van der Waals surface area contributed by atoms with Crippen LogP contribution in [0.4, 0.5) is 24.8 Å². The summed E-state index contributed by atoms with van der Waals surface area (Å²) in [5.41, 5.74) is 5.31. The van der Waals surface area contributed by atoms with Crippen LogP contribution >= 0.6 is 0 Å². The number of tetrazole rings is 1. The third kappa shape index (κ3) is 5.40. The van der Waals surface area contributed by atoms with E-state index in [0.29, 0.717) is 23.4 Å². The number of fused-ring (bicyclic) bond motifs is 1. The van der Waals surface area contributed by atoms with E-state index in [9.17, 15) is 18.0 Å². The first-order valence-corrected chi connectivity index (χ1v) is 11.4. The van der Waals surface area contributed by atoms with E-state index in [0.717, 1.165) is 22.2 Å². The van der Waals surface area contributed by atoms with E-state index in [1.54, 1.807) is 12.1 Å². The third-order valence-corrected chi connectivity index (χ3v) is 5.75. The van der Waals surface area contributed by atoms with Crippen molar-refractivity contribution >= 4 is 28.6 Å². The molecule has 0 aliphatic carbocycles. The fraction of sp³-hybridized carbons (Fsp3) is 0.160. The number of halogens is 3. The number of carbonyl (C=O) groups excluding carboxylic acids is 1. The van der Waals surface area contributed by atoms with Crippen LogP contribution in [0.3, 0.4) is 0 Å². The smallest absolute Gasteiger partial charge is 0.406 e. The summed E-state index contributed by atoms with van der Waals surface area (Å²) in [6, 6.07) is 18.5. The highest BCUT2D eigenvalue weighted by Gasteiger charge is 2.31. The molecule has 2 heterocycles. The molecule has 38 heavy (non-hydrogen) atoms. The fourth-order valence-corrected chi connectivity index (χ4v) is 3.99. The molecule has 1 amide bonds. The number of benzene rings is 3. The van der Waals surface area contributed by atoms with Crippen molar-refractivity contribution in [1.82, 2.24) is 29.8 Å². The first kappa shape index (κ1) is 24.7. The molecule has 5 aromatic rings. The van der Waals surface area contributed by atoms with E-state index >= 15 is 0 Å². The molecule has 0 saturated carbocycles. The number of aromatic amines is 1. The summed E-state index contributed by atoms with van der Waals surface area (Å²) in [5, 5.41) is 15.6. The topological polar surface area (TPSA) is 115 Å². The number of ether oxygens (including phenoxy) is 1. The largest absolute Gasteiger partial charge is 0.573 e. The van der Waals surface area contributed by atoms with Crippen LogP contribution in [0.25, 0.3) is 11.0 Å². The molecule has 0 aliphatic heterocycles. The molecule has 0 aliphatic rings. The van der Waals surface area contributed by atoms with Gasteiger partial charge in [0.1, 0.15) is 5.75 Å². The summed E-state index contributed by atoms with van der Waals surface area (Å²) in [6.07, 6.45) is -4.77. The second-order valence-electron chi connectivity index (χ2n) is 8.48. The van der Waals surface area contributed by atoms with Crippen LogP contribution in [-0.2, 0) is 13.6 Å². The molecule has 2 aromatic heterocycles. The minimum Gasteiger partial charge on any atom is -0.406 e. The van der Waals surface area contributed by atoms with Crippen LogP contribution < -0.4 is 15.7 Å². The minimum atomic E-state index is -4.77. The van der Waals surface area contributed by atoms with Gasteiger partial charge in [-0.1, -0.05) is 23.3 Å². The maximum atomic E-state index is 12.5. The Labute approximate surface area is 213 Å². The van der Waals surface area contributed by atoms with Gasteiger partial charge in [-0.25, -0.2) is 4.99 Å². The number of hydrogen-bond donors (Lipinski definition) is 2. The van der Waals surface area contributed by atoms with Gasteiger partial charge in [0.05, 0.1) is 23.3 Å². The van der Waals surface area contributed by atoms with E-state index in [-0.39, 0.29) is 17.6 Å². The molecule has 0 bridgehead atoms. The number of carbonyl (C=O) groups is 1. The lowest BCUT2D eigenvalue weighted by Gasteiger charge is -2.09. The lowest BCUT2D eigenvalue weighted by molar-refractivity contribution is -0.274. The lowest BCUT2D eigenvalue weighted by atomic mass is 10.1. The molecule has 10 nitrogen and oxygen atoms in total. The quantitative estimate of drug-likeness (QED) is 0.346. The summed E-state index contributed by atoms with van der Waals surface area (Å²) in [4.78, 5) is 17.2. The molecular formula is C25H21F3N8O2. The number of rotatable bonds is 6. The standard InChI is InChI=1S/C25H21F3N8O2/c1-15-3-12-20-21(13-15)36(14-16-4-6-17(7-5-16)22(37)30-23-31-33-34-32-23)24(35(20)2)29-18-8-10-19(11-9-18)38-25(26,27)28/h3-13H,14H2,1-2H3,(H2,30,31,32,33,34,37). The van der Waals surface area contributed by atoms with Crippen molar-refractivity contribution in [1.29, 1.82) is 0 Å². The Bertz CT molecular complexity index is 1650. The van der Waals surface area contributed by atoms with E-state index < -0.39 is 6.36 Å². The van der Waals surface area contributed by atoms with Crippen molar-refractivity contribution in [3.63, 3.8) is 0 Å². The number of anilines is 1. The van der Waals surface area contributed by atoms with Crippen molar-refractivity contribution in [2.75, 3.05) is 5.32 Å². The minimum absolute atomic E-state index is 0.0741. The predicted molar refractivity (Wildman–Crippen MR) is 132 cm³/mol. The molecule has 13 heteroatoms. The first-order chi connectivity index (χ1) is 18.2. The van der Waals surface area contributed by atoms with Crippen molar-refractivity contribution in [3.8, 4) is 5.75 Å². The normalized spacial score (nSPS) is 12.2. The van der Waals surface area contributed by atoms with Crippen molar-refractivity contribution in [2.45, 2.75) is 19.8 Å². The maximum absolute atomic E-state index is 12.5. The van der Waals surface area contributed by atoms with Gasteiger partial charge < -0.3 is 13.9 Å². The second-order valence-corrected chi connectivity index (χ2v) is 8.48. The van der Waals surface area contributed by atoms with E-state index in [4.69, 9.17) is 4.99 Å². The molecule has 0 radical (unpaired) electrons. The SMILES string of the molecule is Cc1ccc2c(c1)n(Cc1ccc(C(=O)Nc3nn[nH]n3)cc1)c(=Nc1ccc(OC(F)(F)F)cc1)n2C. The highest BCUT2D eigenvalue weighted by Crippen LogP contribution is 2.25. The van der Waals surface area contributed by atoms with Gasteiger partial charge in [0.15, 0.2) is 0 Å². The van der Waals surface area contributed by atoms with Gasteiger partial charge in [0, 0.05) is 12.6 Å².